The largest absolute Gasteiger partial charge is 0.462 e. The maximum atomic E-state index is 10.7. The molecule has 0 aliphatic carbocycles. The second-order valence-corrected chi connectivity index (χ2v) is 2.82. The van der Waals surface area contributed by atoms with E-state index < -0.39 is 0 Å². The van der Waals surface area contributed by atoms with E-state index in [0.717, 1.165) is 0 Å². The maximum absolute atomic E-state index is 10.7. The van der Waals surface area contributed by atoms with Gasteiger partial charge in [-0.1, -0.05) is 31.9 Å². The SMILES string of the molecule is C=C(C)C(=O)OCCCCO.C=CC=C. The van der Waals surface area contributed by atoms with Crippen LogP contribution in [0.2, 0.25) is 0 Å². The molecule has 0 heterocycles. The third kappa shape index (κ3) is 15.4. The fraction of sp³-hybridized carbons (Fsp3) is 0.417. The van der Waals surface area contributed by atoms with Crippen LogP contribution >= 0.6 is 0 Å². The van der Waals surface area contributed by atoms with Gasteiger partial charge in [0.15, 0.2) is 0 Å². The lowest BCUT2D eigenvalue weighted by Crippen LogP contribution is -2.06. The average molecular weight is 212 g/mol. The Hall–Kier alpha value is -1.35. The van der Waals surface area contributed by atoms with Crippen LogP contribution in [0.25, 0.3) is 0 Å². The van der Waals surface area contributed by atoms with Gasteiger partial charge in [-0.3, -0.25) is 0 Å². The van der Waals surface area contributed by atoms with Crippen molar-refractivity contribution in [1.29, 1.82) is 0 Å². The third-order valence-electron chi connectivity index (χ3n) is 1.30. The highest BCUT2D eigenvalue weighted by Crippen LogP contribution is 1.94. The number of carbonyl (C=O) groups is 1. The van der Waals surface area contributed by atoms with Crippen LogP contribution in [0, 0.1) is 0 Å². The van der Waals surface area contributed by atoms with Gasteiger partial charge in [0.1, 0.15) is 0 Å². The highest BCUT2D eigenvalue weighted by Gasteiger charge is 2.00. The molecule has 0 aromatic rings. The number of rotatable bonds is 6. The summed E-state index contributed by atoms with van der Waals surface area (Å²) in [6, 6.07) is 0. The number of ether oxygens (including phenoxy) is 1. The number of aliphatic hydroxyl groups is 1. The van der Waals surface area contributed by atoms with Crippen LogP contribution in [0.1, 0.15) is 19.8 Å². The van der Waals surface area contributed by atoms with Crippen LogP contribution in [-0.4, -0.2) is 24.3 Å². The van der Waals surface area contributed by atoms with Gasteiger partial charge in [0.05, 0.1) is 6.61 Å². The molecule has 0 aliphatic heterocycles. The van der Waals surface area contributed by atoms with Crippen LogP contribution in [0.3, 0.4) is 0 Å². The Morgan fingerprint density at radius 2 is 1.87 bits per heavy atom. The molecule has 0 spiro atoms. The quantitative estimate of drug-likeness (QED) is 0.318. The number of esters is 1. The molecule has 1 N–H and O–H groups in total. The number of unbranched alkanes of at least 4 members (excludes halogenated alkanes) is 1. The van der Waals surface area contributed by atoms with E-state index >= 15 is 0 Å². The van der Waals surface area contributed by atoms with Gasteiger partial charge in [0.2, 0.25) is 0 Å². The van der Waals surface area contributed by atoms with Crippen molar-refractivity contribution in [3.8, 4) is 0 Å². The molecule has 0 saturated carbocycles. The summed E-state index contributed by atoms with van der Waals surface area (Å²) in [5.41, 5.74) is 0.411. The second-order valence-electron chi connectivity index (χ2n) is 2.82. The van der Waals surface area contributed by atoms with Crippen molar-refractivity contribution in [1.82, 2.24) is 0 Å². The van der Waals surface area contributed by atoms with Gasteiger partial charge in [-0.15, -0.1) is 0 Å². The van der Waals surface area contributed by atoms with Crippen LogP contribution in [0.15, 0.2) is 37.5 Å². The minimum absolute atomic E-state index is 0.143. The Balaban J connectivity index is 0. The zero-order valence-corrected chi connectivity index (χ0v) is 9.37. The van der Waals surface area contributed by atoms with Gasteiger partial charge >= 0.3 is 5.97 Å². The van der Waals surface area contributed by atoms with Crippen LogP contribution in [0.4, 0.5) is 0 Å². The minimum atomic E-state index is -0.358. The summed E-state index contributed by atoms with van der Waals surface area (Å²) in [5.74, 6) is -0.358. The molecule has 15 heavy (non-hydrogen) atoms. The Morgan fingerprint density at radius 1 is 1.33 bits per heavy atom. The second kappa shape index (κ2) is 12.7. The van der Waals surface area contributed by atoms with Gasteiger partial charge in [0, 0.05) is 12.2 Å². The molecular formula is C12H20O3. The lowest BCUT2D eigenvalue weighted by molar-refractivity contribution is -0.139. The monoisotopic (exact) mass is 212 g/mol. The minimum Gasteiger partial charge on any atom is -0.462 e. The molecule has 0 saturated heterocycles. The van der Waals surface area contributed by atoms with E-state index in [1.165, 1.54) is 0 Å². The molecule has 0 aliphatic rings. The lowest BCUT2D eigenvalue weighted by Gasteiger charge is -2.01. The first-order valence-electron chi connectivity index (χ1n) is 4.77. The first-order chi connectivity index (χ1) is 7.09. The normalized spacial score (nSPS) is 8.13. The Morgan fingerprint density at radius 3 is 2.20 bits per heavy atom. The molecule has 0 radical (unpaired) electrons. The van der Waals surface area contributed by atoms with Gasteiger partial charge in [-0.05, 0) is 19.8 Å². The average Bonchev–Trinajstić information content (AvgIpc) is 2.24. The fourth-order valence-electron chi connectivity index (χ4n) is 0.502. The maximum Gasteiger partial charge on any atom is 0.333 e. The van der Waals surface area contributed by atoms with E-state index in [-0.39, 0.29) is 12.6 Å². The van der Waals surface area contributed by atoms with Crippen molar-refractivity contribution < 1.29 is 14.6 Å². The molecule has 0 bridgehead atoms. The lowest BCUT2D eigenvalue weighted by atomic mass is 10.3. The molecule has 0 aromatic heterocycles. The molecule has 0 unspecified atom stereocenters. The molecule has 3 nitrogen and oxygen atoms in total. The number of hydrogen-bond donors (Lipinski definition) is 1. The predicted molar refractivity (Wildman–Crippen MR) is 62.5 cm³/mol. The molecular weight excluding hydrogens is 192 g/mol. The van der Waals surface area contributed by atoms with E-state index in [1.807, 2.05) is 0 Å². The zero-order chi connectivity index (χ0) is 12.1. The van der Waals surface area contributed by atoms with Crippen molar-refractivity contribution >= 4 is 5.97 Å². The summed E-state index contributed by atoms with van der Waals surface area (Å²) in [5, 5.41) is 8.38. The van der Waals surface area contributed by atoms with Gasteiger partial charge < -0.3 is 9.84 Å². The van der Waals surface area contributed by atoms with E-state index in [0.29, 0.717) is 25.0 Å². The Kier molecular flexibility index (Phi) is 13.6. The molecule has 0 fully saturated rings. The van der Waals surface area contributed by atoms with Crippen molar-refractivity contribution in [2.75, 3.05) is 13.2 Å². The van der Waals surface area contributed by atoms with E-state index in [4.69, 9.17) is 9.84 Å². The standard InChI is InChI=1S/C8H14O3.C4H6/c1-7(2)8(10)11-6-4-3-5-9;1-3-4-2/h9H,1,3-6H2,2H3;3-4H,1-2H2. The Bertz CT molecular complexity index is 201. The highest BCUT2D eigenvalue weighted by molar-refractivity contribution is 5.86. The summed E-state index contributed by atoms with van der Waals surface area (Å²) in [4.78, 5) is 10.7. The summed E-state index contributed by atoms with van der Waals surface area (Å²) in [6.07, 6.45) is 4.65. The third-order valence-corrected chi connectivity index (χ3v) is 1.30. The van der Waals surface area contributed by atoms with E-state index in [1.54, 1.807) is 19.1 Å². The van der Waals surface area contributed by atoms with Crippen molar-refractivity contribution in [3.63, 3.8) is 0 Å². The first kappa shape index (κ1) is 16.1. The molecule has 0 rings (SSSR count). The molecule has 0 atom stereocenters. The van der Waals surface area contributed by atoms with Gasteiger partial charge in [0.25, 0.3) is 0 Å². The summed E-state index contributed by atoms with van der Waals surface area (Å²) < 4.78 is 4.76. The number of aliphatic hydroxyl groups excluding tert-OH is 1. The fourth-order valence-corrected chi connectivity index (χ4v) is 0.502. The summed E-state index contributed by atoms with van der Waals surface area (Å²) >= 11 is 0. The van der Waals surface area contributed by atoms with Crippen LogP contribution in [0.5, 0.6) is 0 Å². The van der Waals surface area contributed by atoms with Crippen molar-refractivity contribution in [2.24, 2.45) is 0 Å². The Labute approximate surface area is 91.8 Å². The van der Waals surface area contributed by atoms with E-state index in [2.05, 4.69) is 19.7 Å². The molecule has 0 amide bonds. The summed E-state index contributed by atoms with van der Waals surface area (Å²) in [7, 11) is 0. The predicted octanol–water partition coefficient (Wildman–Crippen LogP) is 2.24. The molecule has 0 aromatic carbocycles. The number of hydrogen-bond acceptors (Lipinski definition) is 3. The molecule has 3 heteroatoms. The summed E-state index contributed by atoms with van der Waals surface area (Å²) in [6.45, 7) is 12.3. The van der Waals surface area contributed by atoms with E-state index in [9.17, 15) is 4.79 Å². The highest BCUT2D eigenvalue weighted by atomic mass is 16.5. The van der Waals surface area contributed by atoms with Gasteiger partial charge in [-0.2, -0.15) is 0 Å². The van der Waals surface area contributed by atoms with Crippen molar-refractivity contribution in [2.45, 2.75) is 19.8 Å². The van der Waals surface area contributed by atoms with Crippen LogP contribution in [-0.2, 0) is 9.53 Å². The number of carbonyl (C=O) groups excluding carboxylic acids is 1. The first-order valence-corrected chi connectivity index (χ1v) is 4.77. The topological polar surface area (TPSA) is 46.5 Å². The van der Waals surface area contributed by atoms with Gasteiger partial charge in [-0.25, -0.2) is 4.79 Å². The molecule has 86 valence electrons. The van der Waals surface area contributed by atoms with Crippen molar-refractivity contribution in [3.05, 3.63) is 37.5 Å². The smallest absolute Gasteiger partial charge is 0.333 e. The zero-order valence-electron chi connectivity index (χ0n) is 9.37. The van der Waals surface area contributed by atoms with Crippen LogP contribution < -0.4 is 0 Å². The number of allylic oxidation sites excluding steroid dienone is 2.